The summed E-state index contributed by atoms with van der Waals surface area (Å²) in [5, 5.41) is 3.47. The third-order valence-corrected chi connectivity index (χ3v) is 3.56. The summed E-state index contributed by atoms with van der Waals surface area (Å²) in [6.07, 6.45) is 3.69. The number of benzene rings is 1. The lowest BCUT2D eigenvalue weighted by Gasteiger charge is -2.20. The molecule has 0 bridgehead atoms. The first-order valence-corrected chi connectivity index (χ1v) is 8.10. The number of halogens is 1. The summed E-state index contributed by atoms with van der Waals surface area (Å²) in [4.78, 5) is 4.38. The molecule has 1 heterocycles. The molecule has 0 radical (unpaired) electrons. The molecule has 0 saturated heterocycles. The van der Waals surface area contributed by atoms with E-state index in [1.807, 2.05) is 6.20 Å². The van der Waals surface area contributed by atoms with Gasteiger partial charge >= 0.3 is 0 Å². The quantitative estimate of drug-likeness (QED) is 0.791. The molecular formula is C17H23BrN2O. The lowest BCUT2D eigenvalue weighted by Crippen LogP contribution is -2.36. The molecule has 21 heavy (non-hydrogen) atoms. The fourth-order valence-corrected chi connectivity index (χ4v) is 2.75. The average molecular weight is 351 g/mol. The summed E-state index contributed by atoms with van der Waals surface area (Å²) in [7, 11) is 0. The predicted octanol–water partition coefficient (Wildman–Crippen LogP) is 4.73. The van der Waals surface area contributed by atoms with Crippen LogP contribution in [0.1, 0.15) is 38.6 Å². The number of oxazole rings is 1. The zero-order chi connectivity index (χ0) is 15.5. The summed E-state index contributed by atoms with van der Waals surface area (Å²) in [5.41, 5.74) is 2.43. The topological polar surface area (TPSA) is 38.1 Å². The van der Waals surface area contributed by atoms with E-state index in [9.17, 15) is 0 Å². The highest BCUT2D eigenvalue weighted by Crippen LogP contribution is 2.25. The van der Waals surface area contributed by atoms with Gasteiger partial charge in [0.25, 0.3) is 0 Å². The highest BCUT2D eigenvalue weighted by molar-refractivity contribution is 9.10. The summed E-state index contributed by atoms with van der Waals surface area (Å²) in [6.45, 7) is 9.56. The van der Waals surface area contributed by atoms with Crippen LogP contribution in [0.4, 0.5) is 0 Å². The van der Waals surface area contributed by atoms with Crippen molar-refractivity contribution in [3.63, 3.8) is 0 Å². The van der Waals surface area contributed by atoms with Crippen molar-refractivity contribution in [2.24, 2.45) is 0 Å². The Bertz CT molecular complexity index is 579. The Kier molecular flexibility index (Phi) is 5.22. The zero-order valence-electron chi connectivity index (χ0n) is 13.2. The molecule has 0 aliphatic heterocycles. The van der Waals surface area contributed by atoms with Gasteiger partial charge in [0.05, 0.1) is 6.20 Å². The molecule has 1 aromatic carbocycles. The van der Waals surface area contributed by atoms with E-state index >= 15 is 0 Å². The molecule has 0 fully saturated rings. The molecule has 2 rings (SSSR count). The molecular weight excluding hydrogens is 328 g/mol. The number of aromatic nitrogens is 1. The molecule has 3 nitrogen and oxygen atoms in total. The number of aryl methyl sites for hydroxylation is 2. The molecule has 0 atom stereocenters. The van der Waals surface area contributed by atoms with Crippen molar-refractivity contribution in [3.05, 3.63) is 40.3 Å². The molecule has 4 heteroatoms. The maximum atomic E-state index is 5.85. The van der Waals surface area contributed by atoms with E-state index in [0.717, 1.165) is 41.1 Å². The normalized spacial score (nSPS) is 11.9. The Hall–Kier alpha value is -1.13. The van der Waals surface area contributed by atoms with Crippen LogP contribution in [-0.4, -0.2) is 17.1 Å². The van der Waals surface area contributed by atoms with Crippen molar-refractivity contribution in [2.45, 2.75) is 46.1 Å². The number of hydrogen-bond acceptors (Lipinski definition) is 3. The first kappa shape index (κ1) is 16.2. The molecule has 0 saturated carbocycles. The van der Waals surface area contributed by atoms with Gasteiger partial charge in [-0.3, -0.25) is 0 Å². The van der Waals surface area contributed by atoms with Crippen LogP contribution in [0.3, 0.4) is 0 Å². The van der Waals surface area contributed by atoms with E-state index in [0.29, 0.717) is 0 Å². The number of nitrogens with one attached hydrogen (secondary N) is 1. The number of hydrogen-bond donors (Lipinski definition) is 1. The van der Waals surface area contributed by atoms with E-state index in [1.165, 1.54) is 5.56 Å². The second kappa shape index (κ2) is 6.75. The second-order valence-corrected chi connectivity index (χ2v) is 7.33. The zero-order valence-corrected chi connectivity index (χ0v) is 14.8. The fraction of sp³-hybridized carbons (Fsp3) is 0.471. The molecule has 0 amide bonds. The number of nitrogens with zero attached hydrogens (tertiary/aromatic N) is 1. The van der Waals surface area contributed by atoms with Gasteiger partial charge < -0.3 is 9.73 Å². The Morgan fingerprint density at radius 1 is 1.24 bits per heavy atom. The van der Waals surface area contributed by atoms with Crippen LogP contribution in [0, 0.1) is 6.92 Å². The van der Waals surface area contributed by atoms with Gasteiger partial charge in [0.1, 0.15) is 0 Å². The van der Waals surface area contributed by atoms with Crippen molar-refractivity contribution in [2.75, 3.05) is 6.54 Å². The standard InChI is InChI=1S/C17H23BrN2O/c1-12-8-13(10-14(18)9-12)15-11-19-16(21-15)6-5-7-20-17(2,3)4/h8-11,20H,5-7H2,1-4H3. The highest BCUT2D eigenvalue weighted by atomic mass is 79.9. The SMILES string of the molecule is Cc1cc(Br)cc(-c2cnc(CCCNC(C)(C)C)o2)c1. The Morgan fingerprint density at radius 3 is 2.67 bits per heavy atom. The molecule has 1 aromatic heterocycles. The maximum absolute atomic E-state index is 5.85. The summed E-state index contributed by atoms with van der Waals surface area (Å²) in [5.74, 6) is 1.64. The lowest BCUT2D eigenvalue weighted by atomic mass is 10.1. The summed E-state index contributed by atoms with van der Waals surface area (Å²) in [6, 6.07) is 6.24. The van der Waals surface area contributed by atoms with E-state index < -0.39 is 0 Å². The number of rotatable bonds is 5. The van der Waals surface area contributed by atoms with E-state index in [2.05, 4.69) is 72.1 Å². The Labute approximate surface area is 135 Å². The Morgan fingerprint density at radius 2 is 2.00 bits per heavy atom. The van der Waals surface area contributed by atoms with Crippen LogP contribution in [0.15, 0.2) is 33.3 Å². The van der Waals surface area contributed by atoms with Crippen molar-refractivity contribution in [3.8, 4) is 11.3 Å². The predicted molar refractivity (Wildman–Crippen MR) is 90.5 cm³/mol. The molecule has 0 spiro atoms. The smallest absolute Gasteiger partial charge is 0.194 e. The average Bonchev–Trinajstić information content (AvgIpc) is 2.81. The van der Waals surface area contributed by atoms with Crippen LogP contribution in [0.5, 0.6) is 0 Å². The minimum Gasteiger partial charge on any atom is -0.441 e. The third-order valence-electron chi connectivity index (χ3n) is 3.10. The van der Waals surface area contributed by atoms with Crippen molar-refractivity contribution >= 4 is 15.9 Å². The molecule has 0 aliphatic rings. The van der Waals surface area contributed by atoms with Gasteiger partial charge in [-0.05, 0) is 64.4 Å². The van der Waals surface area contributed by atoms with Crippen molar-refractivity contribution in [1.29, 1.82) is 0 Å². The minimum absolute atomic E-state index is 0.162. The van der Waals surface area contributed by atoms with Gasteiger partial charge in [-0.25, -0.2) is 4.98 Å². The summed E-state index contributed by atoms with van der Waals surface area (Å²) < 4.78 is 6.91. The van der Waals surface area contributed by atoms with Crippen LogP contribution in [-0.2, 0) is 6.42 Å². The second-order valence-electron chi connectivity index (χ2n) is 6.42. The van der Waals surface area contributed by atoms with Gasteiger partial charge in [-0.1, -0.05) is 15.9 Å². The van der Waals surface area contributed by atoms with Crippen LogP contribution in [0.2, 0.25) is 0 Å². The van der Waals surface area contributed by atoms with Crippen LogP contribution >= 0.6 is 15.9 Å². The largest absolute Gasteiger partial charge is 0.441 e. The molecule has 1 N–H and O–H groups in total. The molecule has 0 unspecified atom stereocenters. The van der Waals surface area contributed by atoms with Crippen LogP contribution < -0.4 is 5.32 Å². The molecule has 0 aliphatic carbocycles. The van der Waals surface area contributed by atoms with E-state index in [4.69, 9.17) is 4.42 Å². The van der Waals surface area contributed by atoms with Gasteiger partial charge in [0.2, 0.25) is 0 Å². The van der Waals surface area contributed by atoms with Crippen LogP contribution in [0.25, 0.3) is 11.3 Å². The van der Waals surface area contributed by atoms with Crippen molar-refractivity contribution in [1.82, 2.24) is 10.3 Å². The maximum Gasteiger partial charge on any atom is 0.194 e. The van der Waals surface area contributed by atoms with E-state index in [-0.39, 0.29) is 5.54 Å². The highest BCUT2D eigenvalue weighted by Gasteiger charge is 2.10. The lowest BCUT2D eigenvalue weighted by molar-refractivity contribution is 0.412. The van der Waals surface area contributed by atoms with Gasteiger partial charge in [-0.15, -0.1) is 0 Å². The molecule has 2 aromatic rings. The minimum atomic E-state index is 0.162. The van der Waals surface area contributed by atoms with Gasteiger partial charge in [0, 0.05) is 22.0 Å². The fourth-order valence-electron chi connectivity index (χ4n) is 2.14. The third kappa shape index (κ3) is 5.29. The van der Waals surface area contributed by atoms with Gasteiger partial charge in [0.15, 0.2) is 11.7 Å². The summed E-state index contributed by atoms with van der Waals surface area (Å²) >= 11 is 3.52. The Balaban J connectivity index is 1.95. The van der Waals surface area contributed by atoms with E-state index in [1.54, 1.807) is 0 Å². The van der Waals surface area contributed by atoms with Crippen molar-refractivity contribution < 1.29 is 4.42 Å². The monoisotopic (exact) mass is 350 g/mol. The van der Waals surface area contributed by atoms with Gasteiger partial charge in [-0.2, -0.15) is 0 Å². The molecule has 114 valence electrons. The first-order chi connectivity index (χ1) is 9.83. The first-order valence-electron chi connectivity index (χ1n) is 7.31.